The maximum Gasteiger partial charge on any atom is 0.278 e. The van der Waals surface area contributed by atoms with Gasteiger partial charge in [-0.1, -0.05) is 91.0 Å². The first kappa shape index (κ1) is 24.2. The van der Waals surface area contributed by atoms with E-state index in [0.29, 0.717) is 0 Å². The van der Waals surface area contributed by atoms with Crippen molar-refractivity contribution in [2.45, 2.75) is 30.1 Å². The van der Waals surface area contributed by atoms with Crippen LogP contribution in [0.25, 0.3) is 11.2 Å². The lowest BCUT2D eigenvalue weighted by molar-refractivity contribution is -0.0942. The Morgan fingerprint density at radius 1 is 0.842 bits per heavy atom. The molecule has 9 heteroatoms. The highest BCUT2D eigenvalue weighted by molar-refractivity contribution is 5.68. The topological polar surface area (TPSA) is 122 Å². The van der Waals surface area contributed by atoms with Gasteiger partial charge < -0.3 is 24.7 Å². The zero-order chi connectivity index (χ0) is 26.1. The molecule has 5 aromatic rings. The summed E-state index contributed by atoms with van der Waals surface area (Å²) in [5.41, 5.74) is 1.68. The zero-order valence-corrected chi connectivity index (χ0v) is 20.3. The summed E-state index contributed by atoms with van der Waals surface area (Å²) in [6.07, 6.45) is -1.78. The van der Waals surface area contributed by atoms with Crippen molar-refractivity contribution >= 4 is 11.2 Å². The quantitative estimate of drug-likeness (QED) is 0.288. The average Bonchev–Trinajstić information content (AvgIpc) is 3.52. The molecule has 3 heterocycles. The SMILES string of the molecule is O=c1[nH]cnc2c1ncn2C1OC(COC(c2ccccc2)(c2ccccc2)c2ccccc2)C(O)C1O. The number of hydrogen-bond donors (Lipinski definition) is 3. The molecule has 192 valence electrons. The van der Waals surface area contributed by atoms with Crippen LogP contribution in [0, 0.1) is 0 Å². The van der Waals surface area contributed by atoms with Gasteiger partial charge in [-0.15, -0.1) is 0 Å². The van der Waals surface area contributed by atoms with Crippen molar-refractivity contribution < 1.29 is 19.7 Å². The summed E-state index contributed by atoms with van der Waals surface area (Å²) in [4.78, 5) is 22.8. The van der Waals surface area contributed by atoms with Crippen LogP contribution in [0.15, 0.2) is 108 Å². The molecule has 3 aromatic carbocycles. The van der Waals surface area contributed by atoms with Gasteiger partial charge in [0.25, 0.3) is 5.56 Å². The van der Waals surface area contributed by atoms with Crippen LogP contribution in [0.5, 0.6) is 0 Å². The van der Waals surface area contributed by atoms with Gasteiger partial charge in [0.05, 0.1) is 19.3 Å². The summed E-state index contributed by atoms with van der Waals surface area (Å²) in [7, 11) is 0. The Morgan fingerprint density at radius 2 is 1.39 bits per heavy atom. The van der Waals surface area contributed by atoms with Crippen LogP contribution in [0.1, 0.15) is 22.9 Å². The van der Waals surface area contributed by atoms with Gasteiger partial charge in [-0.25, -0.2) is 9.97 Å². The molecule has 0 spiro atoms. The normalized spacial score (nSPS) is 21.6. The smallest absolute Gasteiger partial charge is 0.278 e. The first-order valence-corrected chi connectivity index (χ1v) is 12.3. The minimum atomic E-state index is -1.29. The fraction of sp³-hybridized carbons (Fsp3) is 0.207. The molecule has 1 aliphatic rings. The molecule has 6 rings (SSSR count). The molecule has 0 amide bonds. The molecule has 0 saturated carbocycles. The fourth-order valence-corrected chi connectivity index (χ4v) is 5.12. The Morgan fingerprint density at radius 3 is 1.95 bits per heavy atom. The van der Waals surface area contributed by atoms with Gasteiger partial charge in [0, 0.05) is 0 Å². The largest absolute Gasteiger partial charge is 0.387 e. The summed E-state index contributed by atoms with van der Waals surface area (Å²) < 4.78 is 14.4. The average molecular weight is 511 g/mol. The second-order valence-corrected chi connectivity index (χ2v) is 9.19. The van der Waals surface area contributed by atoms with Crippen molar-refractivity contribution in [1.29, 1.82) is 0 Å². The number of aromatic nitrogens is 4. The molecule has 0 aliphatic carbocycles. The molecule has 9 nitrogen and oxygen atoms in total. The third-order valence-electron chi connectivity index (χ3n) is 6.98. The van der Waals surface area contributed by atoms with Gasteiger partial charge in [-0.05, 0) is 16.7 Å². The minimum Gasteiger partial charge on any atom is -0.387 e. The molecule has 1 aliphatic heterocycles. The van der Waals surface area contributed by atoms with Crippen LogP contribution < -0.4 is 5.56 Å². The van der Waals surface area contributed by atoms with E-state index in [4.69, 9.17) is 9.47 Å². The van der Waals surface area contributed by atoms with E-state index in [2.05, 4.69) is 15.0 Å². The Hall–Kier alpha value is -4.15. The number of H-pyrrole nitrogens is 1. The first-order chi connectivity index (χ1) is 18.6. The molecule has 0 radical (unpaired) electrons. The molecule has 1 fully saturated rings. The van der Waals surface area contributed by atoms with Crippen molar-refractivity contribution in [1.82, 2.24) is 19.5 Å². The van der Waals surface area contributed by atoms with Crippen LogP contribution in [0.3, 0.4) is 0 Å². The molecule has 0 bridgehead atoms. The number of nitrogens with zero attached hydrogens (tertiary/aromatic N) is 3. The Labute approximate surface area is 218 Å². The van der Waals surface area contributed by atoms with E-state index in [9.17, 15) is 15.0 Å². The lowest BCUT2D eigenvalue weighted by Crippen LogP contribution is -2.39. The standard InChI is InChI=1S/C29H26N4O5/c34-24-22(38-28(25(24)35)33-18-32-23-26(33)30-17-31-27(23)36)16-37-29(19-10-4-1-5-11-19,20-12-6-2-7-13-20)21-14-8-3-9-15-21/h1-15,17-18,22,24-25,28,34-35H,16H2,(H,30,31,36). The summed E-state index contributed by atoms with van der Waals surface area (Å²) in [5, 5.41) is 21.9. The van der Waals surface area contributed by atoms with E-state index in [1.54, 1.807) is 0 Å². The highest BCUT2D eigenvalue weighted by atomic mass is 16.6. The number of benzene rings is 3. The van der Waals surface area contributed by atoms with Crippen LogP contribution >= 0.6 is 0 Å². The highest BCUT2D eigenvalue weighted by Crippen LogP contribution is 2.41. The number of hydrogen-bond acceptors (Lipinski definition) is 7. The van der Waals surface area contributed by atoms with Crippen LogP contribution in [-0.2, 0) is 15.1 Å². The summed E-state index contributed by atoms with van der Waals surface area (Å²) in [6.45, 7) is -0.0337. The number of rotatable bonds is 7. The van der Waals surface area contributed by atoms with Gasteiger partial charge in [-0.3, -0.25) is 9.36 Å². The third kappa shape index (κ3) is 4.02. The van der Waals surface area contributed by atoms with E-state index in [0.717, 1.165) is 16.7 Å². The molecule has 2 aromatic heterocycles. The van der Waals surface area contributed by atoms with Gasteiger partial charge in [0.15, 0.2) is 17.4 Å². The monoisotopic (exact) mass is 510 g/mol. The maximum absolute atomic E-state index is 12.1. The van der Waals surface area contributed by atoms with Gasteiger partial charge >= 0.3 is 0 Å². The molecule has 3 N–H and O–H groups in total. The number of ether oxygens (including phenoxy) is 2. The highest BCUT2D eigenvalue weighted by Gasteiger charge is 2.46. The van der Waals surface area contributed by atoms with Crippen molar-refractivity contribution in [3.63, 3.8) is 0 Å². The van der Waals surface area contributed by atoms with E-state index < -0.39 is 35.7 Å². The van der Waals surface area contributed by atoms with Crippen molar-refractivity contribution in [3.05, 3.63) is 131 Å². The number of fused-ring (bicyclic) bond motifs is 1. The Kier molecular flexibility index (Phi) is 6.34. The molecule has 1 saturated heterocycles. The maximum atomic E-state index is 12.1. The van der Waals surface area contributed by atoms with E-state index >= 15 is 0 Å². The lowest BCUT2D eigenvalue weighted by atomic mass is 9.80. The van der Waals surface area contributed by atoms with Crippen molar-refractivity contribution in [2.75, 3.05) is 6.61 Å². The van der Waals surface area contributed by atoms with Gasteiger partial charge in [0.2, 0.25) is 0 Å². The number of imidazole rings is 1. The lowest BCUT2D eigenvalue weighted by Gasteiger charge is -2.37. The van der Waals surface area contributed by atoms with Crippen LogP contribution in [0.2, 0.25) is 0 Å². The third-order valence-corrected chi connectivity index (χ3v) is 6.98. The Bertz CT molecular complexity index is 1480. The van der Waals surface area contributed by atoms with E-state index in [-0.39, 0.29) is 17.8 Å². The molecule has 38 heavy (non-hydrogen) atoms. The second kappa shape index (κ2) is 9.96. The number of nitrogens with one attached hydrogen (secondary N) is 1. The molecule has 4 atom stereocenters. The van der Waals surface area contributed by atoms with Gasteiger partial charge in [0.1, 0.15) is 23.9 Å². The predicted octanol–water partition coefficient (Wildman–Crippen LogP) is 2.75. The van der Waals surface area contributed by atoms with Crippen molar-refractivity contribution in [3.8, 4) is 0 Å². The fourth-order valence-electron chi connectivity index (χ4n) is 5.12. The van der Waals surface area contributed by atoms with E-state index in [1.807, 2.05) is 91.0 Å². The number of aromatic amines is 1. The number of aliphatic hydroxyl groups excluding tert-OH is 2. The summed E-state index contributed by atoms with van der Waals surface area (Å²) >= 11 is 0. The Balaban J connectivity index is 1.37. The van der Waals surface area contributed by atoms with Crippen molar-refractivity contribution in [2.24, 2.45) is 0 Å². The summed E-state index contributed by atoms with van der Waals surface area (Å²) in [6, 6.07) is 29.6. The van der Waals surface area contributed by atoms with E-state index in [1.165, 1.54) is 17.2 Å². The summed E-state index contributed by atoms with van der Waals surface area (Å²) in [5.74, 6) is 0. The second-order valence-electron chi connectivity index (χ2n) is 9.19. The van der Waals surface area contributed by atoms with Crippen LogP contribution in [0.4, 0.5) is 0 Å². The predicted molar refractivity (Wildman–Crippen MR) is 139 cm³/mol. The minimum absolute atomic E-state index is 0.0337. The first-order valence-electron chi connectivity index (χ1n) is 12.3. The molecule has 4 unspecified atom stereocenters. The molecular weight excluding hydrogens is 484 g/mol. The molecular formula is C29H26N4O5. The zero-order valence-electron chi connectivity index (χ0n) is 20.3. The number of aliphatic hydroxyl groups is 2. The van der Waals surface area contributed by atoms with Gasteiger partial charge in [-0.2, -0.15) is 0 Å². The van der Waals surface area contributed by atoms with Crippen LogP contribution in [-0.4, -0.2) is 54.7 Å².